The molecule has 3 heterocycles. The second kappa shape index (κ2) is 7.15. The van der Waals surface area contributed by atoms with E-state index in [4.69, 9.17) is 0 Å². The van der Waals surface area contributed by atoms with Crippen LogP contribution in [0.25, 0.3) is 0 Å². The first-order valence-corrected chi connectivity index (χ1v) is 9.12. The molecule has 1 aliphatic heterocycles. The van der Waals surface area contributed by atoms with E-state index in [1.54, 1.807) is 0 Å². The van der Waals surface area contributed by atoms with Gasteiger partial charge in [0.1, 0.15) is 11.5 Å². The topological polar surface area (TPSA) is 86.8 Å². The predicted molar refractivity (Wildman–Crippen MR) is 99.8 cm³/mol. The monoisotopic (exact) mass is 356 g/mol. The largest absolute Gasteiger partial charge is 0.346 e. The summed E-state index contributed by atoms with van der Waals surface area (Å²) < 4.78 is 0. The van der Waals surface area contributed by atoms with Crippen molar-refractivity contribution in [3.05, 3.63) is 40.7 Å². The van der Waals surface area contributed by atoms with E-state index in [1.807, 2.05) is 19.2 Å². The molecule has 26 heavy (non-hydrogen) atoms. The van der Waals surface area contributed by atoms with Crippen molar-refractivity contribution in [1.29, 1.82) is 0 Å². The summed E-state index contributed by atoms with van der Waals surface area (Å²) in [5.74, 6) is 0.570. The number of carbonyl (C=O) groups is 1. The van der Waals surface area contributed by atoms with E-state index < -0.39 is 0 Å². The highest BCUT2D eigenvalue weighted by atomic mass is 16.1. The Hall–Kier alpha value is -2.28. The van der Waals surface area contributed by atoms with E-state index in [2.05, 4.69) is 58.2 Å². The molecular weight excluding hydrogens is 328 g/mol. The Morgan fingerprint density at radius 1 is 1.42 bits per heavy atom. The first kappa shape index (κ1) is 18.5. The zero-order valence-corrected chi connectivity index (χ0v) is 16.3. The molecule has 0 spiro atoms. The lowest BCUT2D eigenvalue weighted by atomic mass is 9.92. The minimum atomic E-state index is -0.192. The maximum Gasteiger partial charge on any atom is 0.272 e. The standard InChI is InChI=1S/C19H28N6O/c1-12-20-10-13(17(22-12)15-7-6-8-25(15)5)11-21-18(26)14-9-16(24-23-14)19(2,3)4/h9-10,15H,6-8,11H2,1-5H3,(H,21,26)(H,23,24)/t15-/m0/s1. The summed E-state index contributed by atoms with van der Waals surface area (Å²) in [6.45, 7) is 9.61. The average Bonchev–Trinajstić information content (AvgIpc) is 3.22. The SMILES string of the molecule is Cc1ncc(CNC(=O)c2cc(C(C)(C)C)[nH]n2)c([C@@H]2CCCN2C)n1. The minimum Gasteiger partial charge on any atom is -0.346 e. The smallest absolute Gasteiger partial charge is 0.272 e. The molecule has 1 atom stereocenters. The van der Waals surface area contributed by atoms with Crippen LogP contribution in [0.1, 0.15) is 72.9 Å². The van der Waals surface area contributed by atoms with Crippen LogP contribution < -0.4 is 5.32 Å². The zero-order chi connectivity index (χ0) is 18.9. The predicted octanol–water partition coefficient (Wildman–Crippen LogP) is 2.50. The summed E-state index contributed by atoms with van der Waals surface area (Å²) in [5.41, 5.74) is 3.26. The molecule has 2 aromatic rings. The van der Waals surface area contributed by atoms with Crippen LogP contribution >= 0.6 is 0 Å². The molecule has 3 rings (SSSR count). The van der Waals surface area contributed by atoms with E-state index >= 15 is 0 Å². The lowest BCUT2D eigenvalue weighted by molar-refractivity contribution is 0.0945. The van der Waals surface area contributed by atoms with E-state index in [-0.39, 0.29) is 11.3 Å². The highest BCUT2D eigenvalue weighted by Crippen LogP contribution is 2.31. The number of H-pyrrole nitrogens is 1. The van der Waals surface area contributed by atoms with E-state index in [9.17, 15) is 4.79 Å². The van der Waals surface area contributed by atoms with Crippen molar-refractivity contribution in [3.63, 3.8) is 0 Å². The fourth-order valence-electron chi connectivity index (χ4n) is 3.28. The number of carbonyl (C=O) groups excluding carboxylic acids is 1. The molecule has 2 aromatic heterocycles. The van der Waals surface area contributed by atoms with Gasteiger partial charge >= 0.3 is 0 Å². The Bertz CT molecular complexity index is 792. The molecule has 1 fully saturated rings. The number of nitrogens with zero attached hydrogens (tertiary/aromatic N) is 4. The fourth-order valence-corrected chi connectivity index (χ4v) is 3.28. The van der Waals surface area contributed by atoms with Gasteiger partial charge < -0.3 is 5.32 Å². The first-order valence-electron chi connectivity index (χ1n) is 9.12. The van der Waals surface area contributed by atoms with Crippen LogP contribution in [0.15, 0.2) is 12.3 Å². The number of nitrogens with one attached hydrogen (secondary N) is 2. The highest BCUT2D eigenvalue weighted by Gasteiger charge is 2.27. The van der Waals surface area contributed by atoms with Gasteiger partial charge in [0.05, 0.1) is 11.7 Å². The van der Waals surface area contributed by atoms with Gasteiger partial charge in [0.15, 0.2) is 0 Å². The van der Waals surface area contributed by atoms with Crippen LogP contribution in [0, 0.1) is 6.92 Å². The van der Waals surface area contributed by atoms with Gasteiger partial charge in [-0.25, -0.2) is 9.97 Å². The number of aromatic nitrogens is 4. The van der Waals surface area contributed by atoms with Gasteiger partial charge in [-0.3, -0.25) is 14.8 Å². The molecule has 0 bridgehead atoms. The second-order valence-corrected chi connectivity index (χ2v) is 8.07. The van der Waals surface area contributed by atoms with Crippen molar-refractivity contribution in [2.45, 2.75) is 58.5 Å². The van der Waals surface area contributed by atoms with Crippen molar-refractivity contribution >= 4 is 5.91 Å². The number of rotatable bonds is 4. The summed E-state index contributed by atoms with van der Waals surface area (Å²) in [6, 6.07) is 2.11. The Kier molecular flexibility index (Phi) is 5.09. The number of likely N-dealkylation sites (tertiary alicyclic amines) is 1. The summed E-state index contributed by atoms with van der Waals surface area (Å²) in [6.07, 6.45) is 4.08. The van der Waals surface area contributed by atoms with Crippen LogP contribution in [0.2, 0.25) is 0 Å². The van der Waals surface area contributed by atoms with Gasteiger partial charge in [0.25, 0.3) is 5.91 Å². The Labute approximate surface area is 154 Å². The maximum absolute atomic E-state index is 12.5. The summed E-state index contributed by atoms with van der Waals surface area (Å²) in [4.78, 5) is 23.8. The first-order chi connectivity index (χ1) is 12.3. The number of amides is 1. The van der Waals surface area contributed by atoms with Crippen molar-refractivity contribution in [1.82, 2.24) is 30.4 Å². The van der Waals surface area contributed by atoms with Crippen LogP contribution in [0.5, 0.6) is 0 Å². The van der Waals surface area contributed by atoms with Crippen LogP contribution in [-0.4, -0.2) is 44.6 Å². The van der Waals surface area contributed by atoms with Gasteiger partial charge in [0.2, 0.25) is 0 Å². The van der Waals surface area contributed by atoms with Gasteiger partial charge in [-0.05, 0) is 39.4 Å². The van der Waals surface area contributed by atoms with Crippen molar-refractivity contribution in [3.8, 4) is 0 Å². The quantitative estimate of drug-likeness (QED) is 0.879. The Balaban J connectivity index is 1.73. The zero-order valence-electron chi connectivity index (χ0n) is 16.3. The van der Waals surface area contributed by atoms with Crippen LogP contribution in [0.4, 0.5) is 0 Å². The lowest BCUT2D eigenvalue weighted by Gasteiger charge is -2.21. The molecular formula is C19H28N6O. The number of hydrogen-bond donors (Lipinski definition) is 2. The molecule has 7 heteroatoms. The fraction of sp³-hybridized carbons (Fsp3) is 0.579. The maximum atomic E-state index is 12.5. The van der Waals surface area contributed by atoms with Crippen molar-refractivity contribution < 1.29 is 4.79 Å². The minimum absolute atomic E-state index is 0.0729. The molecule has 1 amide bonds. The molecule has 1 aliphatic rings. The van der Waals surface area contributed by atoms with Gasteiger partial charge in [-0.2, -0.15) is 5.10 Å². The molecule has 0 saturated carbocycles. The lowest BCUT2D eigenvalue weighted by Crippen LogP contribution is -2.26. The van der Waals surface area contributed by atoms with Crippen molar-refractivity contribution in [2.24, 2.45) is 0 Å². The third kappa shape index (κ3) is 3.93. The van der Waals surface area contributed by atoms with E-state index in [0.717, 1.165) is 35.7 Å². The van der Waals surface area contributed by atoms with Gasteiger partial charge in [-0.15, -0.1) is 0 Å². The van der Waals surface area contributed by atoms with Crippen molar-refractivity contribution in [2.75, 3.05) is 13.6 Å². The highest BCUT2D eigenvalue weighted by molar-refractivity contribution is 5.92. The molecule has 0 unspecified atom stereocenters. The summed E-state index contributed by atoms with van der Waals surface area (Å²) in [5, 5.41) is 10.1. The average molecular weight is 356 g/mol. The second-order valence-electron chi connectivity index (χ2n) is 8.07. The Morgan fingerprint density at radius 2 is 2.19 bits per heavy atom. The Morgan fingerprint density at radius 3 is 2.81 bits per heavy atom. The molecule has 2 N–H and O–H groups in total. The third-order valence-electron chi connectivity index (χ3n) is 4.91. The van der Waals surface area contributed by atoms with Crippen LogP contribution in [0.3, 0.4) is 0 Å². The number of aryl methyl sites for hydroxylation is 1. The number of hydrogen-bond acceptors (Lipinski definition) is 5. The van der Waals surface area contributed by atoms with E-state index in [1.165, 1.54) is 6.42 Å². The molecule has 1 saturated heterocycles. The third-order valence-corrected chi connectivity index (χ3v) is 4.91. The van der Waals surface area contributed by atoms with E-state index in [0.29, 0.717) is 18.3 Å². The summed E-state index contributed by atoms with van der Waals surface area (Å²) >= 11 is 0. The summed E-state index contributed by atoms with van der Waals surface area (Å²) in [7, 11) is 2.12. The normalized spacial score (nSPS) is 18.3. The molecule has 0 aromatic carbocycles. The number of aromatic amines is 1. The molecule has 7 nitrogen and oxygen atoms in total. The molecule has 140 valence electrons. The van der Waals surface area contributed by atoms with Gasteiger partial charge in [-0.1, -0.05) is 20.8 Å². The van der Waals surface area contributed by atoms with Gasteiger partial charge in [0, 0.05) is 29.4 Å². The molecule has 0 aliphatic carbocycles. The molecule has 0 radical (unpaired) electrons. The van der Waals surface area contributed by atoms with Crippen LogP contribution in [-0.2, 0) is 12.0 Å².